The number of rotatable bonds is 4. The molecule has 2 amide bonds. The molecule has 1 aliphatic heterocycles. The smallest absolute Gasteiger partial charge is 0.243 e. The van der Waals surface area contributed by atoms with Gasteiger partial charge in [0, 0.05) is 29.5 Å². The standard InChI is InChI=1S/C15H17BrN2O3/c1-2-14(19)17-6-5-15(20)18-7-8-21-13-9-12(16)4-3-11(13)10-18/h2-4,9H,1,5-8,10H2,(H,17,19). The van der Waals surface area contributed by atoms with E-state index in [0.29, 0.717) is 26.2 Å². The Hall–Kier alpha value is -1.82. The highest BCUT2D eigenvalue weighted by atomic mass is 79.9. The lowest BCUT2D eigenvalue weighted by atomic mass is 10.2. The molecule has 0 bridgehead atoms. The molecule has 0 atom stereocenters. The molecule has 2 rings (SSSR count). The third-order valence-electron chi connectivity index (χ3n) is 3.19. The summed E-state index contributed by atoms with van der Waals surface area (Å²) in [5.41, 5.74) is 0.985. The molecular weight excluding hydrogens is 336 g/mol. The van der Waals surface area contributed by atoms with Crippen molar-refractivity contribution in [3.8, 4) is 5.75 Å². The average Bonchev–Trinajstić information content (AvgIpc) is 2.68. The van der Waals surface area contributed by atoms with Gasteiger partial charge in [0.15, 0.2) is 0 Å². The maximum absolute atomic E-state index is 12.2. The van der Waals surface area contributed by atoms with E-state index in [1.807, 2.05) is 18.2 Å². The van der Waals surface area contributed by atoms with Crippen molar-refractivity contribution >= 4 is 27.7 Å². The SMILES string of the molecule is C=CC(=O)NCCC(=O)N1CCOc2cc(Br)ccc2C1. The van der Waals surface area contributed by atoms with E-state index in [1.54, 1.807) is 4.90 Å². The molecule has 0 radical (unpaired) electrons. The Labute approximate surface area is 132 Å². The second-order valence-electron chi connectivity index (χ2n) is 4.66. The van der Waals surface area contributed by atoms with Gasteiger partial charge < -0.3 is 15.0 Å². The van der Waals surface area contributed by atoms with Gasteiger partial charge in [-0.1, -0.05) is 28.6 Å². The van der Waals surface area contributed by atoms with Gasteiger partial charge in [-0.3, -0.25) is 9.59 Å². The quantitative estimate of drug-likeness (QED) is 0.841. The molecule has 0 fully saturated rings. The minimum atomic E-state index is -0.266. The van der Waals surface area contributed by atoms with Gasteiger partial charge in [0.25, 0.3) is 0 Å². The number of nitrogens with one attached hydrogen (secondary N) is 1. The molecule has 1 aliphatic rings. The van der Waals surface area contributed by atoms with Gasteiger partial charge in [0.1, 0.15) is 12.4 Å². The number of benzene rings is 1. The molecule has 6 heteroatoms. The normalized spacial score (nSPS) is 13.7. The van der Waals surface area contributed by atoms with Crippen LogP contribution in [0.15, 0.2) is 35.3 Å². The van der Waals surface area contributed by atoms with Crippen LogP contribution in [0.4, 0.5) is 0 Å². The van der Waals surface area contributed by atoms with Crippen molar-refractivity contribution in [1.82, 2.24) is 10.2 Å². The molecule has 112 valence electrons. The van der Waals surface area contributed by atoms with Crippen LogP contribution in [0, 0.1) is 0 Å². The number of ether oxygens (including phenoxy) is 1. The summed E-state index contributed by atoms with van der Waals surface area (Å²) >= 11 is 3.41. The second-order valence-corrected chi connectivity index (χ2v) is 5.58. The number of fused-ring (bicyclic) bond motifs is 1. The van der Waals surface area contributed by atoms with Crippen molar-refractivity contribution in [1.29, 1.82) is 0 Å². The summed E-state index contributed by atoms with van der Waals surface area (Å²) in [5, 5.41) is 2.60. The van der Waals surface area contributed by atoms with E-state index in [0.717, 1.165) is 15.8 Å². The van der Waals surface area contributed by atoms with Crippen molar-refractivity contribution in [3.63, 3.8) is 0 Å². The summed E-state index contributed by atoms with van der Waals surface area (Å²) in [5.74, 6) is 0.538. The summed E-state index contributed by atoms with van der Waals surface area (Å²) < 4.78 is 6.61. The molecule has 21 heavy (non-hydrogen) atoms. The first-order chi connectivity index (χ1) is 10.1. The highest BCUT2D eigenvalue weighted by molar-refractivity contribution is 9.10. The molecule has 1 N–H and O–H groups in total. The zero-order valence-corrected chi connectivity index (χ0v) is 13.2. The number of hydrogen-bond acceptors (Lipinski definition) is 3. The van der Waals surface area contributed by atoms with Gasteiger partial charge in [-0.15, -0.1) is 0 Å². The minimum Gasteiger partial charge on any atom is -0.491 e. The third-order valence-corrected chi connectivity index (χ3v) is 3.68. The fourth-order valence-corrected chi connectivity index (χ4v) is 2.42. The Bertz CT molecular complexity index is 560. The zero-order valence-electron chi connectivity index (χ0n) is 11.6. The largest absolute Gasteiger partial charge is 0.491 e. The predicted octanol–water partition coefficient (Wildman–Crippen LogP) is 1.86. The van der Waals surface area contributed by atoms with Gasteiger partial charge in [-0.05, 0) is 18.2 Å². The van der Waals surface area contributed by atoms with E-state index in [-0.39, 0.29) is 18.2 Å². The molecule has 0 saturated carbocycles. The number of carbonyl (C=O) groups excluding carboxylic acids is 2. The topological polar surface area (TPSA) is 58.6 Å². The summed E-state index contributed by atoms with van der Waals surface area (Å²) in [7, 11) is 0. The lowest BCUT2D eigenvalue weighted by molar-refractivity contribution is -0.131. The van der Waals surface area contributed by atoms with Crippen molar-refractivity contribution in [3.05, 3.63) is 40.9 Å². The molecule has 0 spiro atoms. The van der Waals surface area contributed by atoms with E-state index < -0.39 is 0 Å². The van der Waals surface area contributed by atoms with Crippen molar-refractivity contribution in [2.45, 2.75) is 13.0 Å². The first-order valence-corrected chi connectivity index (χ1v) is 7.48. The summed E-state index contributed by atoms with van der Waals surface area (Å²) in [6.45, 7) is 5.21. The Morgan fingerprint density at radius 1 is 1.48 bits per heavy atom. The first-order valence-electron chi connectivity index (χ1n) is 6.69. The van der Waals surface area contributed by atoms with Gasteiger partial charge in [0.05, 0.1) is 6.54 Å². The second kappa shape index (κ2) is 7.26. The van der Waals surface area contributed by atoms with Crippen molar-refractivity contribution in [2.75, 3.05) is 19.7 Å². The van der Waals surface area contributed by atoms with E-state index in [2.05, 4.69) is 27.8 Å². The Balaban J connectivity index is 1.94. The molecule has 1 aromatic rings. The number of amides is 2. The van der Waals surface area contributed by atoms with Crippen LogP contribution in [0.25, 0.3) is 0 Å². The van der Waals surface area contributed by atoms with Crippen LogP contribution in [-0.2, 0) is 16.1 Å². The number of carbonyl (C=O) groups is 2. The summed E-state index contributed by atoms with van der Waals surface area (Å²) in [6, 6.07) is 5.79. The van der Waals surface area contributed by atoms with Crippen LogP contribution in [0.3, 0.4) is 0 Å². The predicted molar refractivity (Wildman–Crippen MR) is 82.9 cm³/mol. The number of hydrogen-bond donors (Lipinski definition) is 1. The van der Waals surface area contributed by atoms with Crippen LogP contribution in [0.1, 0.15) is 12.0 Å². The van der Waals surface area contributed by atoms with E-state index in [9.17, 15) is 9.59 Å². The molecule has 1 aromatic carbocycles. The summed E-state index contributed by atoms with van der Waals surface area (Å²) in [4.78, 5) is 25.0. The van der Waals surface area contributed by atoms with Crippen LogP contribution in [0.2, 0.25) is 0 Å². The lowest BCUT2D eigenvalue weighted by Gasteiger charge is -2.19. The van der Waals surface area contributed by atoms with Crippen molar-refractivity contribution in [2.24, 2.45) is 0 Å². The first kappa shape index (κ1) is 15.6. The van der Waals surface area contributed by atoms with Crippen LogP contribution in [0.5, 0.6) is 5.75 Å². The van der Waals surface area contributed by atoms with Gasteiger partial charge in [0.2, 0.25) is 11.8 Å². The molecule has 0 aliphatic carbocycles. The Morgan fingerprint density at radius 3 is 3.05 bits per heavy atom. The molecule has 0 unspecified atom stereocenters. The Kier molecular flexibility index (Phi) is 5.38. The molecule has 1 heterocycles. The minimum absolute atomic E-state index is 0.00118. The van der Waals surface area contributed by atoms with Crippen LogP contribution >= 0.6 is 15.9 Å². The highest BCUT2D eigenvalue weighted by Crippen LogP contribution is 2.27. The maximum Gasteiger partial charge on any atom is 0.243 e. The van der Waals surface area contributed by atoms with Crippen molar-refractivity contribution < 1.29 is 14.3 Å². The molecule has 5 nitrogen and oxygen atoms in total. The molecule has 0 aromatic heterocycles. The zero-order chi connectivity index (χ0) is 15.2. The monoisotopic (exact) mass is 352 g/mol. The highest BCUT2D eigenvalue weighted by Gasteiger charge is 2.19. The number of halogens is 1. The molecular formula is C15H17BrN2O3. The van der Waals surface area contributed by atoms with E-state index in [4.69, 9.17) is 4.74 Å². The van der Waals surface area contributed by atoms with Gasteiger partial charge >= 0.3 is 0 Å². The van der Waals surface area contributed by atoms with E-state index >= 15 is 0 Å². The Morgan fingerprint density at radius 2 is 2.29 bits per heavy atom. The van der Waals surface area contributed by atoms with Gasteiger partial charge in [-0.2, -0.15) is 0 Å². The average molecular weight is 353 g/mol. The maximum atomic E-state index is 12.2. The fraction of sp³-hybridized carbons (Fsp3) is 0.333. The van der Waals surface area contributed by atoms with Crippen LogP contribution in [-0.4, -0.2) is 36.4 Å². The number of nitrogens with zero attached hydrogens (tertiary/aromatic N) is 1. The summed E-state index contributed by atoms with van der Waals surface area (Å²) in [6.07, 6.45) is 1.46. The third kappa shape index (κ3) is 4.32. The fourth-order valence-electron chi connectivity index (χ4n) is 2.08. The van der Waals surface area contributed by atoms with E-state index in [1.165, 1.54) is 6.08 Å². The van der Waals surface area contributed by atoms with Gasteiger partial charge in [-0.25, -0.2) is 0 Å². The molecule has 0 saturated heterocycles. The van der Waals surface area contributed by atoms with Crippen LogP contribution < -0.4 is 10.1 Å². The lowest BCUT2D eigenvalue weighted by Crippen LogP contribution is -2.35.